The first-order valence-corrected chi connectivity index (χ1v) is 12.7. The summed E-state index contributed by atoms with van der Waals surface area (Å²) < 4.78 is 23.3. The molecule has 0 spiro atoms. The van der Waals surface area contributed by atoms with Crippen molar-refractivity contribution in [3.8, 4) is 0 Å². The Bertz CT molecular complexity index is 990. The lowest BCUT2D eigenvalue weighted by molar-refractivity contribution is -0.230. The standard InChI is InChI=1S/C27H37FO7/c1-5-22(33)35-27(23(34)20(31)9-11-29)15(2)12-19-18-7-6-16-13-17(30)8-10-24(16,3)26(18,28)21(32)14-25(19,27)4/h8,10,13,15,18-21,29,31-32H,5-7,9,11-12,14H2,1-4H3/t15-,18+,19+,20?,21+,24+,25+,26+,27+/m1/s1. The summed E-state index contributed by atoms with van der Waals surface area (Å²) in [4.78, 5) is 38.4. The Morgan fingerprint density at radius 3 is 2.60 bits per heavy atom. The van der Waals surface area contributed by atoms with Gasteiger partial charge in [0.25, 0.3) is 0 Å². The predicted octanol–water partition coefficient (Wildman–Crippen LogP) is 2.61. The number of aliphatic hydroxyl groups excluding tert-OH is 3. The maximum atomic E-state index is 17.3. The molecule has 3 N–H and O–H groups in total. The fraction of sp³-hybridized carbons (Fsp3) is 0.741. The third kappa shape index (κ3) is 3.28. The van der Waals surface area contributed by atoms with Gasteiger partial charge in [0.2, 0.25) is 5.78 Å². The van der Waals surface area contributed by atoms with Gasteiger partial charge in [0, 0.05) is 42.1 Å². The number of hydrogen-bond acceptors (Lipinski definition) is 7. The van der Waals surface area contributed by atoms with Crippen LogP contribution in [0.3, 0.4) is 0 Å². The number of carbonyl (C=O) groups is 3. The SMILES string of the molecule is CCC(=O)O[C@]1(C(=O)C(O)CCO)[C@H](C)C[C@H]2[C@@H]3CCC4=CC(=O)C=C[C@]4(C)[C@@]3(F)[C@@H](O)C[C@@]21C. The summed E-state index contributed by atoms with van der Waals surface area (Å²) in [5.74, 6) is -3.09. The summed E-state index contributed by atoms with van der Waals surface area (Å²) in [7, 11) is 0. The highest BCUT2D eigenvalue weighted by Crippen LogP contribution is 2.71. The van der Waals surface area contributed by atoms with Gasteiger partial charge in [-0.25, -0.2) is 4.39 Å². The van der Waals surface area contributed by atoms with Gasteiger partial charge in [-0.1, -0.05) is 32.4 Å². The van der Waals surface area contributed by atoms with Crippen LogP contribution in [0.1, 0.15) is 66.2 Å². The van der Waals surface area contributed by atoms with Crippen LogP contribution in [-0.2, 0) is 19.1 Å². The van der Waals surface area contributed by atoms with Gasteiger partial charge in [-0.05, 0) is 50.7 Å². The molecule has 0 aromatic rings. The molecule has 0 aromatic carbocycles. The number of rotatable bonds is 6. The Hall–Kier alpha value is -1.90. The van der Waals surface area contributed by atoms with Gasteiger partial charge >= 0.3 is 5.97 Å². The minimum atomic E-state index is -2.07. The topological polar surface area (TPSA) is 121 Å². The van der Waals surface area contributed by atoms with Crippen molar-refractivity contribution in [2.45, 2.75) is 89.7 Å². The van der Waals surface area contributed by atoms with Gasteiger partial charge in [0.1, 0.15) is 6.10 Å². The highest BCUT2D eigenvalue weighted by atomic mass is 19.1. The number of aliphatic hydroxyl groups is 3. The molecule has 1 unspecified atom stereocenters. The summed E-state index contributed by atoms with van der Waals surface area (Å²) in [5.41, 5.74) is -5.46. The van der Waals surface area contributed by atoms with Crippen LogP contribution in [0, 0.1) is 28.6 Å². The number of carbonyl (C=O) groups excluding carboxylic acids is 3. The fourth-order valence-corrected chi connectivity index (χ4v) is 8.08. The van der Waals surface area contributed by atoms with E-state index in [1.54, 1.807) is 33.8 Å². The van der Waals surface area contributed by atoms with E-state index in [2.05, 4.69) is 0 Å². The van der Waals surface area contributed by atoms with Crippen molar-refractivity contribution in [2.75, 3.05) is 6.61 Å². The molecule has 4 aliphatic carbocycles. The minimum Gasteiger partial charge on any atom is -0.450 e. The number of halogens is 1. The quantitative estimate of drug-likeness (QED) is 0.488. The molecule has 194 valence electrons. The fourth-order valence-electron chi connectivity index (χ4n) is 8.08. The summed E-state index contributed by atoms with van der Waals surface area (Å²) in [5, 5.41) is 31.5. The Morgan fingerprint density at radius 2 is 1.97 bits per heavy atom. The lowest BCUT2D eigenvalue weighted by Crippen LogP contribution is -2.70. The Labute approximate surface area is 205 Å². The Morgan fingerprint density at radius 1 is 1.29 bits per heavy atom. The molecule has 4 aliphatic rings. The van der Waals surface area contributed by atoms with E-state index in [9.17, 15) is 29.7 Å². The van der Waals surface area contributed by atoms with Gasteiger partial charge in [0.05, 0.1) is 6.10 Å². The van der Waals surface area contributed by atoms with Gasteiger partial charge < -0.3 is 20.1 Å². The van der Waals surface area contributed by atoms with E-state index in [0.29, 0.717) is 24.8 Å². The van der Waals surface area contributed by atoms with E-state index in [1.807, 2.05) is 0 Å². The molecule has 9 atom stereocenters. The zero-order valence-electron chi connectivity index (χ0n) is 20.9. The zero-order valence-corrected chi connectivity index (χ0v) is 20.9. The number of ketones is 2. The van der Waals surface area contributed by atoms with Crippen LogP contribution in [0.4, 0.5) is 4.39 Å². The van der Waals surface area contributed by atoms with Crippen molar-refractivity contribution in [3.63, 3.8) is 0 Å². The molecule has 7 nitrogen and oxygen atoms in total. The number of allylic oxidation sites excluding steroid dienone is 4. The second-order valence-corrected chi connectivity index (χ2v) is 11.4. The molecule has 0 heterocycles. The normalized spacial score (nSPS) is 45.1. The summed E-state index contributed by atoms with van der Waals surface area (Å²) >= 11 is 0. The molecule has 0 amide bonds. The van der Waals surface area contributed by atoms with Crippen LogP contribution in [0.25, 0.3) is 0 Å². The van der Waals surface area contributed by atoms with Crippen LogP contribution in [0.2, 0.25) is 0 Å². The Kier molecular flexibility index (Phi) is 6.43. The molecular weight excluding hydrogens is 455 g/mol. The maximum Gasteiger partial charge on any atom is 0.306 e. The second-order valence-electron chi connectivity index (χ2n) is 11.4. The molecule has 0 aliphatic heterocycles. The van der Waals surface area contributed by atoms with Crippen LogP contribution in [0.5, 0.6) is 0 Å². The third-order valence-electron chi connectivity index (χ3n) is 9.82. The highest BCUT2D eigenvalue weighted by Gasteiger charge is 2.77. The summed E-state index contributed by atoms with van der Waals surface area (Å²) in [6.07, 6.45) is 2.26. The average Bonchev–Trinajstić information content (AvgIpc) is 3.02. The first-order valence-electron chi connectivity index (χ1n) is 12.7. The van der Waals surface area contributed by atoms with Crippen LogP contribution < -0.4 is 0 Å². The second kappa shape index (κ2) is 8.60. The van der Waals surface area contributed by atoms with Gasteiger partial charge in [0.15, 0.2) is 17.1 Å². The third-order valence-corrected chi connectivity index (χ3v) is 9.82. The van der Waals surface area contributed by atoms with Crippen molar-refractivity contribution in [2.24, 2.45) is 28.6 Å². The maximum absolute atomic E-state index is 17.3. The van der Waals surface area contributed by atoms with Crippen molar-refractivity contribution in [1.29, 1.82) is 0 Å². The zero-order chi connectivity index (χ0) is 26.0. The van der Waals surface area contributed by atoms with Crippen molar-refractivity contribution >= 4 is 17.5 Å². The molecule has 0 aromatic heterocycles. The largest absolute Gasteiger partial charge is 0.450 e. The summed E-state index contributed by atoms with van der Waals surface area (Å²) in [6.45, 7) is 6.45. The van der Waals surface area contributed by atoms with E-state index in [0.717, 1.165) is 0 Å². The molecule has 8 heteroatoms. The molecule has 0 saturated heterocycles. The monoisotopic (exact) mass is 492 g/mol. The molecule has 3 fully saturated rings. The number of fused-ring (bicyclic) bond motifs is 5. The molecule has 0 bridgehead atoms. The van der Waals surface area contributed by atoms with Crippen molar-refractivity contribution in [3.05, 3.63) is 23.8 Å². The first-order chi connectivity index (χ1) is 16.3. The van der Waals surface area contributed by atoms with E-state index >= 15 is 4.39 Å². The van der Waals surface area contributed by atoms with E-state index in [1.165, 1.54) is 12.2 Å². The van der Waals surface area contributed by atoms with Crippen LogP contribution in [-0.4, -0.2) is 62.9 Å². The number of alkyl halides is 1. The van der Waals surface area contributed by atoms with E-state index in [-0.39, 0.29) is 25.0 Å². The average molecular weight is 493 g/mol. The molecule has 0 radical (unpaired) electrons. The van der Waals surface area contributed by atoms with Gasteiger partial charge in [-0.2, -0.15) is 0 Å². The van der Waals surface area contributed by atoms with Crippen LogP contribution in [0.15, 0.2) is 23.8 Å². The lowest BCUT2D eigenvalue weighted by Gasteiger charge is -2.62. The smallest absolute Gasteiger partial charge is 0.306 e. The number of Topliss-reactive ketones (excluding diaryl/α,β-unsaturated/α-hetero) is 1. The molecule has 3 saturated carbocycles. The number of esters is 1. The predicted molar refractivity (Wildman–Crippen MR) is 125 cm³/mol. The Balaban J connectivity index is 1.85. The summed E-state index contributed by atoms with van der Waals surface area (Å²) in [6, 6.07) is 0. The molecular formula is C27H37FO7. The van der Waals surface area contributed by atoms with E-state index < -0.39 is 70.4 Å². The number of ether oxygens (including phenoxy) is 1. The molecule has 4 rings (SSSR count). The van der Waals surface area contributed by atoms with E-state index in [4.69, 9.17) is 4.74 Å². The highest BCUT2D eigenvalue weighted by molar-refractivity contribution is 6.01. The van der Waals surface area contributed by atoms with Gasteiger partial charge in [-0.3, -0.25) is 14.4 Å². The molecule has 35 heavy (non-hydrogen) atoms. The van der Waals surface area contributed by atoms with Gasteiger partial charge in [-0.15, -0.1) is 0 Å². The van der Waals surface area contributed by atoms with Crippen molar-refractivity contribution < 1.29 is 38.8 Å². The van der Waals surface area contributed by atoms with Crippen LogP contribution >= 0.6 is 0 Å². The minimum absolute atomic E-state index is 0.0165. The lowest BCUT2D eigenvalue weighted by atomic mass is 9.44. The van der Waals surface area contributed by atoms with Crippen molar-refractivity contribution in [1.82, 2.24) is 0 Å². The first kappa shape index (κ1) is 26.2. The number of hydrogen-bond donors (Lipinski definition) is 3.